The van der Waals surface area contributed by atoms with E-state index in [0.717, 1.165) is 24.3 Å². The van der Waals surface area contributed by atoms with Crippen LogP contribution in [0.3, 0.4) is 0 Å². The number of aromatic nitrogens is 1. The van der Waals surface area contributed by atoms with Gasteiger partial charge < -0.3 is 9.80 Å². The van der Waals surface area contributed by atoms with Crippen LogP contribution in [0.15, 0.2) is 47.6 Å². The molecule has 0 bridgehead atoms. The lowest BCUT2D eigenvalue weighted by atomic mass is 10.2. The predicted molar refractivity (Wildman–Crippen MR) is 109 cm³/mol. The first-order valence-electron chi connectivity index (χ1n) is 9.36. The van der Waals surface area contributed by atoms with Crippen molar-refractivity contribution in [2.75, 3.05) is 37.6 Å². The highest BCUT2D eigenvalue weighted by Gasteiger charge is 2.22. The maximum Gasteiger partial charge on any atom is 0.240 e. The molecule has 1 aromatic heterocycles. The summed E-state index contributed by atoms with van der Waals surface area (Å²) in [7, 11) is -3.61. The second-order valence-electron chi connectivity index (χ2n) is 6.99. The number of hydrogen-bond donors (Lipinski definition) is 1. The first-order chi connectivity index (χ1) is 13.4. The van der Waals surface area contributed by atoms with Gasteiger partial charge in [-0.3, -0.25) is 9.78 Å². The molecule has 1 aliphatic heterocycles. The number of nitrogens with zero attached hydrogens (tertiary/aromatic N) is 3. The van der Waals surface area contributed by atoms with Crippen molar-refractivity contribution >= 4 is 21.6 Å². The molecule has 0 unspecified atom stereocenters. The summed E-state index contributed by atoms with van der Waals surface area (Å²) >= 11 is 0. The Bertz CT molecular complexity index is 924. The molecule has 2 aromatic rings. The van der Waals surface area contributed by atoms with E-state index in [9.17, 15) is 13.2 Å². The average molecular weight is 403 g/mol. The standard InChI is InChI=1S/C20H26N4O3S/c1-16-3-4-19(17(2)15-16)28(26,27)22-10-7-20(25)24-13-11-23(12-14-24)18-5-8-21-9-6-18/h3-6,8-9,15,22H,7,10-14H2,1-2H3. The van der Waals surface area contributed by atoms with Crippen molar-refractivity contribution in [3.05, 3.63) is 53.9 Å². The molecule has 0 spiro atoms. The Morgan fingerprint density at radius 3 is 2.39 bits per heavy atom. The Hall–Kier alpha value is -2.45. The maximum absolute atomic E-state index is 12.5. The molecule has 1 fully saturated rings. The largest absolute Gasteiger partial charge is 0.368 e. The first-order valence-corrected chi connectivity index (χ1v) is 10.8. The highest BCUT2D eigenvalue weighted by Crippen LogP contribution is 2.17. The number of carbonyl (C=O) groups excluding carboxylic acids is 1. The quantitative estimate of drug-likeness (QED) is 0.796. The summed E-state index contributed by atoms with van der Waals surface area (Å²) < 4.78 is 27.5. The summed E-state index contributed by atoms with van der Waals surface area (Å²) in [6.45, 7) is 6.56. The molecule has 1 N–H and O–H groups in total. The fourth-order valence-electron chi connectivity index (χ4n) is 3.40. The lowest BCUT2D eigenvalue weighted by molar-refractivity contribution is -0.131. The first kappa shape index (κ1) is 20.3. The molecule has 3 rings (SSSR count). The van der Waals surface area contributed by atoms with E-state index >= 15 is 0 Å². The van der Waals surface area contributed by atoms with Crippen molar-refractivity contribution in [3.63, 3.8) is 0 Å². The van der Waals surface area contributed by atoms with Crippen molar-refractivity contribution in [1.82, 2.24) is 14.6 Å². The minimum atomic E-state index is -3.61. The van der Waals surface area contributed by atoms with Gasteiger partial charge in [-0.2, -0.15) is 0 Å². The number of aryl methyl sites for hydroxylation is 2. The molecule has 28 heavy (non-hydrogen) atoms. The SMILES string of the molecule is Cc1ccc(S(=O)(=O)NCCC(=O)N2CCN(c3ccncc3)CC2)c(C)c1. The molecule has 0 saturated carbocycles. The zero-order valence-electron chi connectivity index (χ0n) is 16.3. The zero-order valence-corrected chi connectivity index (χ0v) is 17.1. The number of rotatable bonds is 6. The topological polar surface area (TPSA) is 82.6 Å². The molecule has 7 nitrogen and oxygen atoms in total. The molecular weight excluding hydrogens is 376 g/mol. The van der Waals surface area contributed by atoms with E-state index in [4.69, 9.17) is 0 Å². The zero-order chi connectivity index (χ0) is 20.1. The van der Waals surface area contributed by atoms with Crippen LogP contribution in [0.25, 0.3) is 0 Å². The number of amides is 1. The second-order valence-corrected chi connectivity index (χ2v) is 8.73. The number of nitrogens with one attached hydrogen (secondary N) is 1. The number of pyridine rings is 1. The predicted octanol–water partition coefficient (Wildman–Crippen LogP) is 1.72. The van der Waals surface area contributed by atoms with Crippen LogP contribution in [0.4, 0.5) is 5.69 Å². The van der Waals surface area contributed by atoms with Crippen LogP contribution in [0.1, 0.15) is 17.5 Å². The second kappa shape index (κ2) is 8.70. The Balaban J connectivity index is 1.48. The van der Waals surface area contributed by atoms with Crippen molar-refractivity contribution < 1.29 is 13.2 Å². The van der Waals surface area contributed by atoms with E-state index in [1.165, 1.54) is 0 Å². The molecule has 0 radical (unpaired) electrons. The third kappa shape index (κ3) is 4.88. The minimum Gasteiger partial charge on any atom is -0.368 e. The van der Waals surface area contributed by atoms with Gasteiger partial charge in [0.15, 0.2) is 0 Å². The van der Waals surface area contributed by atoms with Crippen LogP contribution in [-0.2, 0) is 14.8 Å². The number of hydrogen-bond acceptors (Lipinski definition) is 5. The number of benzene rings is 1. The molecule has 1 saturated heterocycles. The normalized spacial score (nSPS) is 14.9. The Kier molecular flexibility index (Phi) is 6.31. The van der Waals surface area contributed by atoms with Crippen molar-refractivity contribution in [2.24, 2.45) is 0 Å². The van der Waals surface area contributed by atoms with Gasteiger partial charge >= 0.3 is 0 Å². The molecule has 150 valence electrons. The van der Waals surface area contributed by atoms with Gasteiger partial charge in [-0.05, 0) is 37.6 Å². The number of carbonyl (C=O) groups is 1. The minimum absolute atomic E-state index is 0.0299. The highest BCUT2D eigenvalue weighted by atomic mass is 32.2. The van der Waals surface area contributed by atoms with Gasteiger partial charge in [0.25, 0.3) is 0 Å². The Morgan fingerprint density at radius 1 is 1.07 bits per heavy atom. The summed E-state index contributed by atoms with van der Waals surface area (Å²) in [6, 6.07) is 9.13. The molecule has 1 aliphatic rings. The lowest BCUT2D eigenvalue weighted by Crippen LogP contribution is -2.49. The van der Waals surface area contributed by atoms with Crippen molar-refractivity contribution in [2.45, 2.75) is 25.2 Å². The van der Waals surface area contributed by atoms with E-state index in [-0.39, 0.29) is 23.8 Å². The van der Waals surface area contributed by atoms with Crippen LogP contribution >= 0.6 is 0 Å². The van der Waals surface area contributed by atoms with Crippen LogP contribution in [0.2, 0.25) is 0 Å². The molecule has 8 heteroatoms. The highest BCUT2D eigenvalue weighted by molar-refractivity contribution is 7.89. The molecule has 0 aliphatic carbocycles. The summed E-state index contributed by atoms with van der Waals surface area (Å²) in [5.41, 5.74) is 2.81. The fourth-order valence-corrected chi connectivity index (χ4v) is 4.65. The van der Waals surface area contributed by atoms with Gasteiger partial charge in [0.1, 0.15) is 0 Å². The van der Waals surface area contributed by atoms with E-state index < -0.39 is 10.0 Å². The number of sulfonamides is 1. The van der Waals surface area contributed by atoms with E-state index in [0.29, 0.717) is 18.7 Å². The van der Waals surface area contributed by atoms with Crippen LogP contribution < -0.4 is 9.62 Å². The number of piperazine rings is 1. The smallest absolute Gasteiger partial charge is 0.240 e. The fraction of sp³-hybridized carbons (Fsp3) is 0.400. The van der Waals surface area contributed by atoms with Crippen LogP contribution in [0, 0.1) is 13.8 Å². The number of anilines is 1. The summed E-state index contributed by atoms with van der Waals surface area (Å²) in [4.78, 5) is 20.7. The Labute approximate surface area is 166 Å². The van der Waals surface area contributed by atoms with Gasteiger partial charge in [0.05, 0.1) is 4.90 Å². The third-order valence-corrected chi connectivity index (χ3v) is 6.53. The molecular formula is C20H26N4O3S. The molecule has 0 atom stereocenters. The molecule has 2 heterocycles. The average Bonchev–Trinajstić information content (AvgIpc) is 2.68. The van der Waals surface area contributed by atoms with E-state index in [2.05, 4.69) is 14.6 Å². The molecule has 1 amide bonds. The van der Waals surface area contributed by atoms with Crippen molar-refractivity contribution in [3.8, 4) is 0 Å². The van der Waals surface area contributed by atoms with E-state index in [1.54, 1.807) is 36.4 Å². The van der Waals surface area contributed by atoms with Crippen LogP contribution in [-0.4, -0.2) is 56.9 Å². The molecule has 1 aromatic carbocycles. The Morgan fingerprint density at radius 2 is 1.75 bits per heavy atom. The van der Waals surface area contributed by atoms with Gasteiger partial charge in [0.2, 0.25) is 15.9 Å². The summed E-state index contributed by atoms with van der Waals surface area (Å²) in [6.07, 6.45) is 3.67. The van der Waals surface area contributed by atoms with Crippen molar-refractivity contribution in [1.29, 1.82) is 0 Å². The van der Waals surface area contributed by atoms with E-state index in [1.807, 2.05) is 25.1 Å². The summed E-state index contributed by atoms with van der Waals surface area (Å²) in [5.74, 6) is -0.0299. The summed E-state index contributed by atoms with van der Waals surface area (Å²) in [5, 5.41) is 0. The maximum atomic E-state index is 12.5. The van der Waals surface area contributed by atoms with Gasteiger partial charge in [-0.25, -0.2) is 13.1 Å². The van der Waals surface area contributed by atoms with Gasteiger partial charge in [-0.15, -0.1) is 0 Å². The van der Waals surface area contributed by atoms with Gasteiger partial charge in [0, 0.05) is 57.2 Å². The van der Waals surface area contributed by atoms with Crippen LogP contribution in [0.5, 0.6) is 0 Å². The lowest BCUT2D eigenvalue weighted by Gasteiger charge is -2.36. The monoisotopic (exact) mass is 402 g/mol. The van der Waals surface area contributed by atoms with Gasteiger partial charge in [-0.1, -0.05) is 17.7 Å². The third-order valence-electron chi connectivity index (χ3n) is 4.91.